The molecule has 0 saturated carbocycles. The Balaban J connectivity index is 1.44. The highest BCUT2D eigenvalue weighted by Crippen LogP contribution is 2.24. The van der Waals surface area contributed by atoms with Crippen LogP contribution in [-0.4, -0.2) is 39.3 Å². The van der Waals surface area contributed by atoms with Gasteiger partial charge in [-0.05, 0) is 37.5 Å². The molecule has 7 nitrogen and oxygen atoms in total. The van der Waals surface area contributed by atoms with Gasteiger partial charge < -0.3 is 15.4 Å². The summed E-state index contributed by atoms with van der Waals surface area (Å²) in [5.41, 5.74) is 7.95. The van der Waals surface area contributed by atoms with Crippen LogP contribution in [0.5, 0.6) is 5.75 Å². The zero-order valence-electron chi connectivity index (χ0n) is 14.3. The fourth-order valence-electron chi connectivity index (χ4n) is 3.33. The van der Waals surface area contributed by atoms with Crippen LogP contribution in [0.2, 0.25) is 0 Å². The summed E-state index contributed by atoms with van der Waals surface area (Å²) in [5.74, 6) is 2.67. The zero-order valence-corrected chi connectivity index (χ0v) is 14.3. The topological polar surface area (TPSA) is 81.6 Å². The minimum Gasteiger partial charge on any atom is -0.493 e. The second-order valence-electron chi connectivity index (χ2n) is 6.61. The first kappa shape index (κ1) is 15.7. The van der Waals surface area contributed by atoms with E-state index in [0.29, 0.717) is 18.5 Å². The number of aryl methyl sites for hydroxylation is 1. The summed E-state index contributed by atoms with van der Waals surface area (Å²) in [5, 5.41) is 7.97. The van der Waals surface area contributed by atoms with E-state index in [-0.39, 0.29) is 0 Å². The van der Waals surface area contributed by atoms with Gasteiger partial charge in [0.25, 0.3) is 0 Å². The highest BCUT2D eigenvalue weighted by molar-refractivity contribution is 5.55. The summed E-state index contributed by atoms with van der Waals surface area (Å²) < 4.78 is 7.68. The maximum Gasteiger partial charge on any atom is 0.209 e. The number of hydrogen-bond acceptors (Lipinski definition) is 6. The molecule has 0 amide bonds. The maximum absolute atomic E-state index is 6.01. The molecule has 2 N–H and O–H groups in total. The van der Waals surface area contributed by atoms with Gasteiger partial charge in [-0.15, -0.1) is 10.2 Å². The molecule has 3 aromatic rings. The molecular formula is C18H22N6O. The van der Waals surface area contributed by atoms with Gasteiger partial charge in [-0.3, -0.25) is 4.40 Å². The molecule has 1 aromatic carbocycles. The summed E-state index contributed by atoms with van der Waals surface area (Å²) in [4.78, 5) is 6.77. The quantitative estimate of drug-likeness (QED) is 0.786. The van der Waals surface area contributed by atoms with Crippen molar-refractivity contribution >= 4 is 17.4 Å². The molecule has 1 atom stereocenters. The van der Waals surface area contributed by atoms with Gasteiger partial charge >= 0.3 is 0 Å². The van der Waals surface area contributed by atoms with Crippen molar-refractivity contribution in [3.63, 3.8) is 0 Å². The Morgan fingerprint density at radius 3 is 3.12 bits per heavy atom. The highest BCUT2D eigenvalue weighted by Gasteiger charge is 2.22. The number of anilines is 2. The van der Waals surface area contributed by atoms with Crippen molar-refractivity contribution in [2.45, 2.75) is 19.8 Å². The molecule has 0 spiro atoms. The van der Waals surface area contributed by atoms with Gasteiger partial charge in [-0.1, -0.05) is 12.1 Å². The van der Waals surface area contributed by atoms with E-state index < -0.39 is 0 Å². The minimum absolute atomic E-state index is 0.413. The fraction of sp³-hybridized carbons (Fsp3) is 0.389. The Hall–Kier alpha value is -2.83. The fourth-order valence-corrected chi connectivity index (χ4v) is 3.33. The lowest BCUT2D eigenvalue weighted by molar-refractivity contribution is 0.228. The molecule has 1 unspecified atom stereocenters. The van der Waals surface area contributed by atoms with E-state index in [0.717, 1.165) is 43.1 Å². The second kappa shape index (κ2) is 6.58. The van der Waals surface area contributed by atoms with Crippen molar-refractivity contribution in [1.82, 2.24) is 19.6 Å². The SMILES string of the molecule is Cc1cccc(OCC2CCCN(c3cc4nncn4c(N)n3)C2)c1. The van der Waals surface area contributed by atoms with Crippen molar-refractivity contribution in [3.05, 3.63) is 42.2 Å². The number of ether oxygens (including phenoxy) is 1. The number of rotatable bonds is 4. The first-order valence-corrected chi connectivity index (χ1v) is 8.60. The van der Waals surface area contributed by atoms with Crippen molar-refractivity contribution in [3.8, 4) is 5.75 Å². The first-order chi connectivity index (χ1) is 12.2. The number of nitrogens with two attached hydrogens (primary N) is 1. The van der Waals surface area contributed by atoms with Crippen LogP contribution in [0, 0.1) is 12.8 Å². The first-order valence-electron chi connectivity index (χ1n) is 8.60. The molecule has 25 heavy (non-hydrogen) atoms. The second-order valence-corrected chi connectivity index (χ2v) is 6.61. The number of nitrogens with zero attached hydrogens (tertiary/aromatic N) is 5. The smallest absolute Gasteiger partial charge is 0.209 e. The van der Waals surface area contributed by atoms with E-state index in [4.69, 9.17) is 10.5 Å². The molecule has 7 heteroatoms. The summed E-state index contributed by atoms with van der Waals surface area (Å²) in [7, 11) is 0. The van der Waals surface area contributed by atoms with Gasteiger partial charge in [-0.2, -0.15) is 4.98 Å². The molecule has 0 aliphatic carbocycles. The Morgan fingerprint density at radius 1 is 1.32 bits per heavy atom. The molecule has 130 valence electrons. The summed E-state index contributed by atoms with van der Waals surface area (Å²) in [6, 6.07) is 10.1. The lowest BCUT2D eigenvalue weighted by atomic mass is 9.99. The molecule has 1 saturated heterocycles. The molecule has 3 heterocycles. The van der Waals surface area contributed by atoms with Crippen molar-refractivity contribution < 1.29 is 4.74 Å². The molecule has 0 bridgehead atoms. The number of fused-ring (bicyclic) bond motifs is 1. The van der Waals surface area contributed by atoms with Crippen LogP contribution >= 0.6 is 0 Å². The summed E-state index contributed by atoms with van der Waals surface area (Å²) in [6.07, 6.45) is 3.85. The molecular weight excluding hydrogens is 316 g/mol. The van der Waals surface area contributed by atoms with E-state index in [9.17, 15) is 0 Å². The Labute approximate surface area is 146 Å². The normalized spacial score (nSPS) is 17.8. The minimum atomic E-state index is 0.413. The largest absolute Gasteiger partial charge is 0.493 e. The number of aromatic nitrogens is 4. The van der Waals surface area contributed by atoms with Crippen LogP contribution in [0.4, 0.5) is 11.8 Å². The van der Waals surface area contributed by atoms with E-state index >= 15 is 0 Å². The van der Waals surface area contributed by atoms with Crippen molar-refractivity contribution in [1.29, 1.82) is 0 Å². The lowest BCUT2D eigenvalue weighted by Gasteiger charge is -2.33. The molecule has 1 fully saturated rings. The van der Waals surface area contributed by atoms with Gasteiger partial charge in [0, 0.05) is 25.1 Å². The summed E-state index contributed by atoms with van der Waals surface area (Å²) >= 11 is 0. The van der Waals surface area contributed by atoms with Crippen LogP contribution in [-0.2, 0) is 0 Å². The third-order valence-corrected chi connectivity index (χ3v) is 4.63. The van der Waals surface area contributed by atoms with Crippen LogP contribution in [0.1, 0.15) is 18.4 Å². The van der Waals surface area contributed by atoms with E-state index in [1.807, 2.05) is 18.2 Å². The van der Waals surface area contributed by atoms with E-state index in [2.05, 4.69) is 39.1 Å². The molecule has 1 aliphatic rings. The van der Waals surface area contributed by atoms with Crippen LogP contribution in [0.15, 0.2) is 36.7 Å². The van der Waals surface area contributed by atoms with Gasteiger partial charge in [0.15, 0.2) is 5.65 Å². The third kappa shape index (κ3) is 3.35. The zero-order chi connectivity index (χ0) is 17.2. The van der Waals surface area contributed by atoms with Crippen LogP contribution in [0.25, 0.3) is 5.65 Å². The molecule has 1 aliphatic heterocycles. The van der Waals surface area contributed by atoms with Gasteiger partial charge in [0.1, 0.15) is 17.9 Å². The highest BCUT2D eigenvalue weighted by atomic mass is 16.5. The molecule has 2 aromatic heterocycles. The standard InChI is InChI=1S/C18H22N6O/c1-13-4-2-6-15(8-13)25-11-14-5-3-7-23(10-14)16-9-17-22-20-12-24(17)18(19)21-16/h2,4,6,8-9,12,14H,3,5,7,10-11H2,1H3,(H2,19,21). The Bertz CT molecular complexity index is 877. The van der Waals surface area contributed by atoms with Gasteiger partial charge in [0.05, 0.1) is 6.61 Å². The number of benzene rings is 1. The number of piperidine rings is 1. The number of nitrogen functional groups attached to an aromatic ring is 1. The Kier molecular flexibility index (Phi) is 4.13. The average Bonchev–Trinajstić information content (AvgIpc) is 3.10. The maximum atomic E-state index is 6.01. The van der Waals surface area contributed by atoms with E-state index in [1.165, 1.54) is 5.56 Å². The van der Waals surface area contributed by atoms with Gasteiger partial charge in [-0.25, -0.2) is 0 Å². The van der Waals surface area contributed by atoms with Crippen molar-refractivity contribution in [2.24, 2.45) is 5.92 Å². The Morgan fingerprint density at radius 2 is 2.24 bits per heavy atom. The van der Waals surface area contributed by atoms with Gasteiger partial charge in [0.2, 0.25) is 5.95 Å². The predicted octanol–water partition coefficient (Wildman–Crippen LogP) is 2.31. The molecule has 0 radical (unpaired) electrons. The average molecular weight is 338 g/mol. The number of hydrogen-bond donors (Lipinski definition) is 1. The summed E-state index contributed by atoms with van der Waals surface area (Å²) in [6.45, 7) is 4.66. The molecule has 4 rings (SSSR count). The van der Waals surface area contributed by atoms with Crippen molar-refractivity contribution in [2.75, 3.05) is 30.3 Å². The van der Waals surface area contributed by atoms with Crippen LogP contribution < -0.4 is 15.4 Å². The monoisotopic (exact) mass is 338 g/mol. The van der Waals surface area contributed by atoms with Crippen LogP contribution in [0.3, 0.4) is 0 Å². The third-order valence-electron chi connectivity index (χ3n) is 4.63. The van der Waals surface area contributed by atoms with E-state index in [1.54, 1.807) is 10.7 Å². The lowest BCUT2D eigenvalue weighted by Crippen LogP contribution is -2.38. The predicted molar refractivity (Wildman–Crippen MR) is 96.8 cm³/mol.